The Bertz CT molecular complexity index is 858. The second-order valence-corrected chi connectivity index (χ2v) is 7.49. The molecule has 0 aliphatic rings. The van der Waals surface area contributed by atoms with E-state index in [9.17, 15) is 4.91 Å². The Morgan fingerprint density at radius 1 is 0.840 bits per heavy atom. The van der Waals surface area contributed by atoms with Gasteiger partial charge in [-0.05, 0) is 32.9 Å². The van der Waals surface area contributed by atoms with Crippen LogP contribution in [-0.2, 0) is 18.5 Å². The van der Waals surface area contributed by atoms with Gasteiger partial charge in [0, 0.05) is 0 Å². The fourth-order valence-electron chi connectivity index (χ4n) is 3.06. The SMILES string of the molecule is CC(C)(C)c1ccc(CN(Cc2cccc3ccccc23)N=O)cc1. The lowest BCUT2D eigenvalue weighted by Gasteiger charge is -2.20. The van der Waals surface area contributed by atoms with E-state index < -0.39 is 0 Å². The lowest BCUT2D eigenvalue weighted by Crippen LogP contribution is -2.16. The third-order valence-electron chi connectivity index (χ3n) is 4.53. The zero-order valence-electron chi connectivity index (χ0n) is 15.1. The van der Waals surface area contributed by atoms with Gasteiger partial charge in [-0.2, -0.15) is 0 Å². The molecule has 0 N–H and O–H groups in total. The second-order valence-electron chi connectivity index (χ2n) is 7.49. The van der Waals surface area contributed by atoms with Crippen LogP contribution in [0.4, 0.5) is 0 Å². The Labute approximate surface area is 149 Å². The molecule has 0 aliphatic carbocycles. The summed E-state index contributed by atoms with van der Waals surface area (Å²) in [6.45, 7) is 7.61. The van der Waals surface area contributed by atoms with Crippen LogP contribution in [0, 0.1) is 4.91 Å². The number of fused-ring (bicyclic) bond motifs is 1. The number of nitrogens with zero attached hydrogens (tertiary/aromatic N) is 2. The lowest BCUT2D eigenvalue weighted by atomic mass is 9.87. The van der Waals surface area contributed by atoms with Crippen molar-refractivity contribution in [2.45, 2.75) is 39.3 Å². The van der Waals surface area contributed by atoms with Gasteiger partial charge in [0.15, 0.2) is 0 Å². The molecule has 3 aromatic rings. The van der Waals surface area contributed by atoms with Gasteiger partial charge in [-0.25, -0.2) is 0 Å². The van der Waals surface area contributed by atoms with E-state index in [-0.39, 0.29) is 5.41 Å². The topological polar surface area (TPSA) is 32.7 Å². The molecule has 25 heavy (non-hydrogen) atoms. The standard InChI is InChI=1S/C22H24N2O/c1-22(2,3)20-13-11-17(12-14-20)15-24(23-25)16-19-9-6-8-18-7-4-5-10-21(18)19/h4-14H,15-16H2,1-3H3. The molecule has 0 radical (unpaired) electrons. The summed E-state index contributed by atoms with van der Waals surface area (Å²) in [7, 11) is 0. The maximum absolute atomic E-state index is 11.4. The summed E-state index contributed by atoms with van der Waals surface area (Å²) in [5.41, 5.74) is 3.62. The predicted octanol–water partition coefficient (Wildman–Crippen LogP) is 5.82. The summed E-state index contributed by atoms with van der Waals surface area (Å²) in [5.74, 6) is 0. The zero-order valence-corrected chi connectivity index (χ0v) is 15.1. The molecule has 3 rings (SSSR count). The summed E-state index contributed by atoms with van der Waals surface area (Å²) < 4.78 is 0. The highest BCUT2D eigenvalue weighted by atomic mass is 16.3. The van der Waals surface area contributed by atoms with E-state index in [4.69, 9.17) is 0 Å². The number of rotatable bonds is 5. The highest BCUT2D eigenvalue weighted by Gasteiger charge is 2.14. The molecule has 3 heteroatoms. The molecule has 0 aromatic heterocycles. The van der Waals surface area contributed by atoms with E-state index >= 15 is 0 Å². The van der Waals surface area contributed by atoms with E-state index in [1.807, 2.05) is 18.2 Å². The molecule has 128 valence electrons. The van der Waals surface area contributed by atoms with Gasteiger partial charge < -0.3 is 0 Å². The first kappa shape index (κ1) is 17.2. The third kappa shape index (κ3) is 4.05. The van der Waals surface area contributed by atoms with E-state index in [0.717, 1.165) is 11.1 Å². The Morgan fingerprint density at radius 2 is 1.52 bits per heavy atom. The van der Waals surface area contributed by atoms with Crippen molar-refractivity contribution in [3.8, 4) is 0 Å². The average molecular weight is 332 g/mol. The molecule has 3 aromatic carbocycles. The van der Waals surface area contributed by atoms with Crippen molar-refractivity contribution in [1.82, 2.24) is 5.01 Å². The van der Waals surface area contributed by atoms with Crippen LogP contribution in [0.1, 0.15) is 37.5 Å². The van der Waals surface area contributed by atoms with Gasteiger partial charge in [-0.3, -0.25) is 5.01 Å². The van der Waals surface area contributed by atoms with Gasteiger partial charge in [0.2, 0.25) is 0 Å². The highest BCUT2D eigenvalue weighted by Crippen LogP contribution is 2.24. The Morgan fingerprint density at radius 3 is 2.20 bits per heavy atom. The molecule has 0 atom stereocenters. The first-order valence-electron chi connectivity index (χ1n) is 8.61. The zero-order chi connectivity index (χ0) is 17.9. The quantitative estimate of drug-likeness (QED) is 0.435. The number of hydrogen-bond donors (Lipinski definition) is 0. The maximum Gasteiger partial charge on any atom is 0.0652 e. The summed E-state index contributed by atoms with van der Waals surface area (Å²) >= 11 is 0. The van der Waals surface area contributed by atoms with E-state index in [2.05, 4.69) is 74.6 Å². The number of hydrogen-bond acceptors (Lipinski definition) is 2. The molecule has 0 heterocycles. The first-order chi connectivity index (χ1) is 12.0. The van der Waals surface area contributed by atoms with E-state index in [0.29, 0.717) is 13.1 Å². The van der Waals surface area contributed by atoms with Crippen molar-refractivity contribution >= 4 is 10.8 Å². The van der Waals surface area contributed by atoms with Crippen LogP contribution < -0.4 is 0 Å². The Hall–Kier alpha value is -2.68. The number of nitroso groups, excluding NO2 is 1. The molecular formula is C22H24N2O. The van der Waals surface area contributed by atoms with Crippen molar-refractivity contribution < 1.29 is 0 Å². The molecule has 0 saturated heterocycles. The minimum Gasteiger partial charge on any atom is -0.252 e. The predicted molar refractivity (Wildman–Crippen MR) is 104 cm³/mol. The average Bonchev–Trinajstić information content (AvgIpc) is 2.61. The van der Waals surface area contributed by atoms with E-state index in [1.54, 1.807) is 5.01 Å². The molecule has 0 fully saturated rings. The molecule has 0 spiro atoms. The van der Waals surface area contributed by atoms with Crippen molar-refractivity contribution in [1.29, 1.82) is 0 Å². The van der Waals surface area contributed by atoms with Crippen LogP contribution >= 0.6 is 0 Å². The van der Waals surface area contributed by atoms with Gasteiger partial charge in [0.1, 0.15) is 0 Å². The van der Waals surface area contributed by atoms with Crippen LogP contribution in [-0.4, -0.2) is 5.01 Å². The monoisotopic (exact) mass is 332 g/mol. The molecule has 0 bridgehead atoms. The van der Waals surface area contributed by atoms with Crippen LogP contribution in [0.15, 0.2) is 72.0 Å². The van der Waals surface area contributed by atoms with Crippen molar-refractivity contribution in [3.63, 3.8) is 0 Å². The summed E-state index contributed by atoms with van der Waals surface area (Å²) in [4.78, 5) is 11.4. The lowest BCUT2D eigenvalue weighted by molar-refractivity contribution is 0.267. The molecule has 0 saturated carbocycles. The van der Waals surface area contributed by atoms with Gasteiger partial charge in [-0.1, -0.05) is 87.5 Å². The maximum atomic E-state index is 11.4. The fourth-order valence-corrected chi connectivity index (χ4v) is 3.06. The van der Waals surface area contributed by atoms with Crippen molar-refractivity contribution in [2.24, 2.45) is 5.29 Å². The smallest absolute Gasteiger partial charge is 0.0652 e. The molecule has 3 nitrogen and oxygen atoms in total. The summed E-state index contributed by atoms with van der Waals surface area (Å²) in [5, 5.41) is 7.17. The molecule has 0 unspecified atom stereocenters. The van der Waals surface area contributed by atoms with Crippen molar-refractivity contribution in [3.05, 3.63) is 88.3 Å². The highest BCUT2D eigenvalue weighted by molar-refractivity contribution is 5.85. The number of benzene rings is 3. The largest absolute Gasteiger partial charge is 0.252 e. The van der Waals surface area contributed by atoms with Gasteiger partial charge in [0.25, 0.3) is 0 Å². The summed E-state index contributed by atoms with van der Waals surface area (Å²) in [6.07, 6.45) is 0. The summed E-state index contributed by atoms with van der Waals surface area (Å²) in [6, 6.07) is 22.8. The van der Waals surface area contributed by atoms with Gasteiger partial charge >= 0.3 is 0 Å². The molecular weight excluding hydrogens is 308 g/mol. The Kier molecular flexibility index (Phi) is 4.84. The Balaban J connectivity index is 1.78. The first-order valence-corrected chi connectivity index (χ1v) is 8.61. The second kappa shape index (κ2) is 7.06. The minimum atomic E-state index is 0.129. The van der Waals surface area contributed by atoms with Gasteiger partial charge in [0.05, 0.1) is 18.4 Å². The van der Waals surface area contributed by atoms with Gasteiger partial charge in [-0.15, -0.1) is 4.91 Å². The molecule has 0 aliphatic heterocycles. The normalized spacial score (nSPS) is 11.5. The van der Waals surface area contributed by atoms with Crippen LogP contribution in [0.25, 0.3) is 10.8 Å². The minimum absolute atomic E-state index is 0.129. The fraction of sp³-hybridized carbons (Fsp3) is 0.273. The van der Waals surface area contributed by atoms with Crippen molar-refractivity contribution in [2.75, 3.05) is 0 Å². The molecule has 0 amide bonds. The van der Waals surface area contributed by atoms with E-state index in [1.165, 1.54) is 16.3 Å². The van der Waals surface area contributed by atoms with Crippen LogP contribution in [0.3, 0.4) is 0 Å². The third-order valence-corrected chi connectivity index (χ3v) is 4.53. The van der Waals surface area contributed by atoms with Crippen LogP contribution in [0.5, 0.6) is 0 Å². The van der Waals surface area contributed by atoms with Crippen LogP contribution in [0.2, 0.25) is 0 Å².